The Hall–Kier alpha value is -1.22. The highest BCUT2D eigenvalue weighted by atomic mass is 79.9. The van der Waals surface area contributed by atoms with Crippen molar-refractivity contribution in [2.75, 3.05) is 39.3 Å². The number of hydrogen-bond donors (Lipinski definition) is 0. The fraction of sp³-hybridized carbons (Fsp3) is 0.391. The lowest BCUT2D eigenvalue weighted by molar-refractivity contribution is 0.0823. The van der Waals surface area contributed by atoms with Crippen LogP contribution in [0, 0.1) is 0 Å². The third-order valence-corrected chi connectivity index (χ3v) is 7.05. The van der Waals surface area contributed by atoms with Gasteiger partial charge in [-0.3, -0.25) is 4.90 Å². The molecular weight excluding hydrogens is 592 g/mol. The smallest absolute Gasteiger partial charge is 0.231 e. The molecule has 1 saturated heterocycles. The van der Waals surface area contributed by atoms with Gasteiger partial charge in [0.2, 0.25) is 5.88 Å². The molecule has 3 aliphatic rings. The number of rotatable bonds is 7. The molecule has 5 nitrogen and oxygen atoms in total. The zero-order valence-electron chi connectivity index (χ0n) is 17.2. The average Bonchev–Trinajstić information content (AvgIpc) is 2.79. The van der Waals surface area contributed by atoms with Crippen molar-refractivity contribution < 1.29 is 14.2 Å². The van der Waals surface area contributed by atoms with E-state index in [4.69, 9.17) is 14.2 Å². The Balaban J connectivity index is 1.17. The summed E-state index contributed by atoms with van der Waals surface area (Å²) in [4.78, 5) is 4.71. The normalized spacial score (nSPS) is 19.2. The van der Waals surface area contributed by atoms with Gasteiger partial charge in [0.05, 0.1) is 15.6 Å². The van der Waals surface area contributed by atoms with Gasteiger partial charge in [-0.2, -0.15) is 0 Å². The van der Waals surface area contributed by atoms with Crippen LogP contribution >= 0.6 is 47.8 Å². The second kappa shape index (κ2) is 11.1. The molecule has 1 aromatic rings. The lowest BCUT2D eigenvalue weighted by Gasteiger charge is -2.36. The zero-order valence-corrected chi connectivity index (χ0v) is 21.9. The summed E-state index contributed by atoms with van der Waals surface area (Å²) in [6.45, 7) is 5.54. The molecule has 0 aromatic heterocycles. The molecule has 1 aliphatic carbocycles. The van der Waals surface area contributed by atoms with E-state index in [-0.39, 0.29) is 0 Å². The topological polar surface area (TPSA) is 34.2 Å². The van der Waals surface area contributed by atoms with Gasteiger partial charge in [0.25, 0.3) is 0 Å². The van der Waals surface area contributed by atoms with Crippen LogP contribution in [0.5, 0.6) is 5.75 Å². The van der Waals surface area contributed by atoms with Crippen molar-refractivity contribution in [1.29, 1.82) is 0 Å². The number of nitrogens with zero attached hydrogens (tertiary/aromatic N) is 2. The predicted octanol–water partition coefficient (Wildman–Crippen LogP) is 6.32. The maximum atomic E-state index is 5.98. The van der Waals surface area contributed by atoms with E-state index in [1.165, 1.54) is 5.57 Å². The highest BCUT2D eigenvalue weighted by Crippen LogP contribution is 2.36. The van der Waals surface area contributed by atoms with Gasteiger partial charge >= 0.3 is 0 Å². The van der Waals surface area contributed by atoms with Gasteiger partial charge in [-0.15, -0.1) is 0 Å². The molecule has 0 bridgehead atoms. The predicted molar refractivity (Wildman–Crippen MR) is 132 cm³/mol. The van der Waals surface area contributed by atoms with E-state index in [9.17, 15) is 0 Å². The number of piperazine rings is 1. The van der Waals surface area contributed by atoms with Crippen LogP contribution in [-0.2, 0) is 9.47 Å². The Kier molecular flexibility index (Phi) is 8.20. The fourth-order valence-corrected chi connectivity index (χ4v) is 6.20. The summed E-state index contributed by atoms with van der Waals surface area (Å²) in [5.74, 6) is 2.46. The van der Waals surface area contributed by atoms with Gasteiger partial charge in [0, 0.05) is 37.2 Å². The summed E-state index contributed by atoms with van der Waals surface area (Å²) < 4.78 is 20.6. The molecule has 0 radical (unpaired) electrons. The standard InChI is InChI=1S/C23H25Br3N2O3/c24-18-13-19(25)23(20(26)14-18)29-12-4-7-27-8-10-28(11-9-27)22-16-30-21(15-31-22)17-5-2-1-3-6-17/h1-2,5,13-16H,3-4,6-12H2. The van der Waals surface area contributed by atoms with Crippen LogP contribution in [0.2, 0.25) is 0 Å². The van der Waals surface area contributed by atoms with Crippen LogP contribution in [0.25, 0.3) is 0 Å². The first-order chi connectivity index (χ1) is 15.1. The summed E-state index contributed by atoms with van der Waals surface area (Å²) in [6.07, 6.45) is 12.8. The quantitative estimate of drug-likeness (QED) is 0.335. The molecule has 0 spiro atoms. The van der Waals surface area contributed by atoms with Crippen molar-refractivity contribution in [3.8, 4) is 5.75 Å². The van der Waals surface area contributed by atoms with Crippen LogP contribution in [0.3, 0.4) is 0 Å². The van der Waals surface area contributed by atoms with Crippen molar-refractivity contribution in [3.63, 3.8) is 0 Å². The Labute approximate surface area is 208 Å². The van der Waals surface area contributed by atoms with Crippen LogP contribution in [0.4, 0.5) is 0 Å². The largest absolute Gasteiger partial charge is 0.491 e. The van der Waals surface area contributed by atoms with Crippen molar-refractivity contribution in [3.05, 3.63) is 73.5 Å². The number of ether oxygens (including phenoxy) is 3. The van der Waals surface area contributed by atoms with Crippen molar-refractivity contribution in [2.24, 2.45) is 0 Å². The summed E-state index contributed by atoms with van der Waals surface area (Å²) >= 11 is 10.6. The molecular formula is C23H25Br3N2O3. The lowest BCUT2D eigenvalue weighted by atomic mass is 10.0. The average molecular weight is 617 g/mol. The molecule has 4 rings (SSSR count). The van der Waals surface area contributed by atoms with E-state index in [1.807, 2.05) is 12.1 Å². The Morgan fingerprint density at radius 1 is 0.968 bits per heavy atom. The number of halogens is 3. The molecule has 31 heavy (non-hydrogen) atoms. The molecule has 0 amide bonds. The minimum absolute atomic E-state index is 0.680. The molecule has 166 valence electrons. The van der Waals surface area contributed by atoms with Gasteiger partial charge in [-0.1, -0.05) is 34.2 Å². The second-order valence-corrected chi connectivity index (χ2v) is 10.2. The Morgan fingerprint density at radius 3 is 2.39 bits per heavy atom. The molecule has 8 heteroatoms. The first-order valence-electron chi connectivity index (χ1n) is 10.4. The first-order valence-corrected chi connectivity index (χ1v) is 12.8. The van der Waals surface area contributed by atoms with Crippen molar-refractivity contribution in [2.45, 2.75) is 19.3 Å². The van der Waals surface area contributed by atoms with E-state index in [2.05, 4.69) is 75.8 Å². The fourth-order valence-electron chi connectivity index (χ4n) is 3.71. The highest BCUT2D eigenvalue weighted by Gasteiger charge is 2.22. The molecule has 0 saturated carbocycles. The molecule has 1 aromatic carbocycles. The van der Waals surface area contributed by atoms with Crippen molar-refractivity contribution in [1.82, 2.24) is 9.80 Å². The van der Waals surface area contributed by atoms with Gasteiger partial charge in [-0.25, -0.2) is 0 Å². The lowest BCUT2D eigenvalue weighted by Crippen LogP contribution is -2.46. The van der Waals surface area contributed by atoms with E-state index in [1.54, 1.807) is 12.5 Å². The minimum atomic E-state index is 0.680. The summed E-state index contributed by atoms with van der Waals surface area (Å²) in [5, 5.41) is 0. The molecule has 0 N–H and O–H groups in total. The monoisotopic (exact) mass is 614 g/mol. The third kappa shape index (κ3) is 6.18. The molecule has 0 unspecified atom stereocenters. The zero-order chi connectivity index (χ0) is 21.6. The van der Waals surface area contributed by atoms with Crippen LogP contribution in [0.15, 0.2) is 73.5 Å². The van der Waals surface area contributed by atoms with E-state index < -0.39 is 0 Å². The minimum Gasteiger partial charge on any atom is -0.491 e. The third-order valence-electron chi connectivity index (χ3n) is 5.42. The number of allylic oxidation sites excluding steroid dienone is 4. The first kappa shape index (κ1) is 23.0. The maximum Gasteiger partial charge on any atom is 0.231 e. The molecule has 2 heterocycles. The highest BCUT2D eigenvalue weighted by molar-refractivity contribution is 9.11. The van der Waals surface area contributed by atoms with Gasteiger partial charge in [0.1, 0.15) is 12.0 Å². The van der Waals surface area contributed by atoms with Crippen LogP contribution in [-0.4, -0.2) is 49.1 Å². The van der Waals surface area contributed by atoms with Gasteiger partial charge in [0.15, 0.2) is 12.0 Å². The summed E-state index contributed by atoms with van der Waals surface area (Å²) in [7, 11) is 0. The van der Waals surface area contributed by atoms with E-state index in [0.717, 1.165) is 82.8 Å². The Morgan fingerprint density at radius 2 is 1.74 bits per heavy atom. The summed E-state index contributed by atoms with van der Waals surface area (Å²) in [6, 6.07) is 3.98. The van der Waals surface area contributed by atoms with Crippen LogP contribution < -0.4 is 4.74 Å². The maximum absolute atomic E-state index is 5.98. The molecule has 1 fully saturated rings. The SMILES string of the molecule is Brc1cc(Br)c(OCCCN2CCN(C3=COC(C4=CC=CCC4)=CO3)CC2)c(Br)c1. The second-order valence-electron chi connectivity index (χ2n) is 7.56. The van der Waals surface area contributed by atoms with Gasteiger partial charge in [-0.05, 0) is 68.8 Å². The molecule has 0 atom stereocenters. The summed E-state index contributed by atoms with van der Waals surface area (Å²) in [5.41, 5.74) is 1.19. The van der Waals surface area contributed by atoms with E-state index in [0.29, 0.717) is 6.61 Å². The van der Waals surface area contributed by atoms with E-state index >= 15 is 0 Å². The number of benzene rings is 1. The van der Waals surface area contributed by atoms with Crippen molar-refractivity contribution >= 4 is 47.8 Å². The molecule has 2 aliphatic heterocycles. The number of hydrogen-bond acceptors (Lipinski definition) is 5. The Bertz CT molecular complexity index is 896. The van der Waals surface area contributed by atoms with Crippen LogP contribution in [0.1, 0.15) is 19.3 Å². The van der Waals surface area contributed by atoms with Gasteiger partial charge < -0.3 is 19.1 Å².